The number of fused-ring (bicyclic) bond motifs is 1. The predicted octanol–water partition coefficient (Wildman–Crippen LogP) is 3.96. The zero-order valence-corrected chi connectivity index (χ0v) is 19.7. The smallest absolute Gasteiger partial charge is 0.302 e. The third-order valence-electron chi connectivity index (χ3n) is 7.15. The number of benzene rings is 1. The van der Waals surface area contributed by atoms with Crippen LogP contribution in [0.5, 0.6) is 0 Å². The van der Waals surface area contributed by atoms with Gasteiger partial charge in [-0.3, -0.25) is 14.3 Å². The van der Waals surface area contributed by atoms with E-state index in [2.05, 4.69) is 14.9 Å². The lowest BCUT2D eigenvalue weighted by molar-refractivity contribution is -0.137. The van der Waals surface area contributed by atoms with Gasteiger partial charge in [0.1, 0.15) is 5.01 Å². The fraction of sp³-hybridized carbons (Fsp3) is 0.458. The lowest BCUT2D eigenvalue weighted by Crippen LogP contribution is -2.32. The minimum Gasteiger partial charge on any atom is -0.302 e. The van der Waals surface area contributed by atoms with E-state index in [4.69, 9.17) is 0 Å². The van der Waals surface area contributed by atoms with E-state index in [1.54, 1.807) is 18.3 Å². The summed E-state index contributed by atoms with van der Waals surface area (Å²) in [4.78, 5) is 34.8. The van der Waals surface area contributed by atoms with Crippen LogP contribution in [0.25, 0.3) is 10.6 Å². The van der Waals surface area contributed by atoms with E-state index >= 15 is 0 Å². The summed E-state index contributed by atoms with van der Waals surface area (Å²) in [6.45, 7) is 6.78. The number of nitrogens with one attached hydrogen (secondary N) is 1. The maximum Gasteiger partial charge on any atom is 0.416 e. The number of piperidine rings is 1. The third kappa shape index (κ3) is 4.13. The molecule has 0 spiro atoms. The second kappa shape index (κ2) is 8.20. The molecule has 0 unspecified atom stereocenters. The molecule has 1 N–H and O–H groups in total. The fourth-order valence-electron chi connectivity index (χ4n) is 5.08. The summed E-state index contributed by atoms with van der Waals surface area (Å²) in [5.41, 5.74) is 0.692. The molecule has 6 nitrogen and oxygen atoms in total. The number of rotatable bonds is 6. The number of nitrogens with zero attached hydrogens (tertiary/aromatic N) is 3. The summed E-state index contributed by atoms with van der Waals surface area (Å²) >= 11 is 1.43. The van der Waals surface area contributed by atoms with Gasteiger partial charge in [0, 0.05) is 36.1 Å². The van der Waals surface area contributed by atoms with Gasteiger partial charge in [0.25, 0.3) is 5.56 Å². The number of H-pyrrole nitrogens is 1. The molecule has 10 heteroatoms. The Morgan fingerprint density at radius 2 is 1.91 bits per heavy atom. The molecular weight excluding hydrogens is 465 g/mol. The molecule has 0 amide bonds. The largest absolute Gasteiger partial charge is 0.416 e. The van der Waals surface area contributed by atoms with Crippen molar-refractivity contribution in [2.75, 3.05) is 19.6 Å². The van der Waals surface area contributed by atoms with Crippen molar-refractivity contribution in [3.63, 3.8) is 0 Å². The highest BCUT2D eigenvalue weighted by Gasteiger charge is 2.60. The first kappa shape index (κ1) is 23.0. The van der Waals surface area contributed by atoms with E-state index in [9.17, 15) is 22.8 Å². The molecule has 1 aliphatic heterocycles. The van der Waals surface area contributed by atoms with Crippen molar-refractivity contribution in [1.82, 2.24) is 19.4 Å². The van der Waals surface area contributed by atoms with Crippen molar-refractivity contribution in [3.05, 3.63) is 73.0 Å². The maximum atomic E-state index is 12.9. The fourth-order valence-corrected chi connectivity index (χ4v) is 6.00. The molecule has 5 rings (SSSR count). The molecule has 1 saturated carbocycles. The van der Waals surface area contributed by atoms with Crippen LogP contribution in [0.1, 0.15) is 34.5 Å². The number of aromatic nitrogens is 3. The van der Waals surface area contributed by atoms with Gasteiger partial charge in [-0.05, 0) is 56.8 Å². The van der Waals surface area contributed by atoms with Gasteiger partial charge in [-0.1, -0.05) is 12.1 Å². The Kier molecular flexibility index (Phi) is 5.55. The van der Waals surface area contributed by atoms with Gasteiger partial charge in [0.15, 0.2) is 0 Å². The number of hydrogen-bond donors (Lipinski definition) is 1. The third-order valence-corrected chi connectivity index (χ3v) is 8.25. The maximum absolute atomic E-state index is 12.9. The van der Waals surface area contributed by atoms with E-state index in [1.807, 2.05) is 13.8 Å². The molecular formula is C24H25F3N4O2S. The number of aryl methyl sites for hydroxylation is 3. The van der Waals surface area contributed by atoms with Crippen LogP contribution < -0.4 is 11.2 Å². The van der Waals surface area contributed by atoms with Crippen LogP contribution in [0.2, 0.25) is 0 Å². The standard InChI is InChI=1S/C24H25F3N4O2S/c1-14-15(2)34-21(28-14)19-12-31(22(33)29-20(19)32)9-3-8-30-11-18-10-23(18,13-30)16-4-6-17(7-5-16)24(25,26)27/h4-7,12,18H,3,8-11,13H2,1-2H3,(H,29,32,33)/t18-,23+/m0/s1. The number of hydrogen-bond acceptors (Lipinski definition) is 5. The van der Waals surface area contributed by atoms with Gasteiger partial charge < -0.3 is 4.90 Å². The van der Waals surface area contributed by atoms with Crippen LogP contribution in [0.3, 0.4) is 0 Å². The van der Waals surface area contributed by atoms with Crippen molar-refractivity contribution >= 4 is 11.3 Å². The summed E-state index contributed by atoms with van der Waals surface area (Å²) < 4.78 is 40.2. The SMILES string of the molecule is Cc1nc(-c2cn(CCCN3C[C@@H]4C[C@]4(c4ccc(C(F)(F)F)cc4)C3)c(=O)[nH]c2=O)sc1C. The lowest BCUT2D eigenvalue weighted by atomic mass is 9.94. The average Bonchev–Trinajstić information content (AvgIpc) is 3.18. The van der Waals surface area contributed by atoms with Crippen molar-refractivity contribution in [3.8, 4) is 10.6 Å². The highest BCUT2D eigenvalue weighted by Crippen LogP contribution is 2.59. The van der Waals surface area contributed by atoms with Gasteiger partial charge in [-0.25, -0.2) is 9.78 Å². The van der Waals surface area contributed by atoms with Gasteiger partial charge in [-0.2, -0.15) is 13.2 Å². The van der Waals surface area contributed by atoms with Crippen molar-refractivity contribution in [2.45, 2.75) is 44.8 Å². The molecule has 2 aromatic heterocycles. The minimum absolute atomic E-state index is 0.0489. The van der Waals surface area contributed by atoms with Crippen molar-refractivity contribution in [2.24, 2.45) is 5.92 Å². The zero-order chi connectivity index (χ0) is 24.3. The van der Waals surface area contributed by atoms with Gasteiger partial charge >= 0.3 is 11.9 Å². The number of alkyl halides is 3. The topological polar surface area (TPSA) is 71.0 Å². The zero-order valence-electron chi connectivity index (χ0n) is 18.9. The Morgan fingerprint density at radius 1 is 1.18 bits per heavy atom. The number of thiazole rings is 1. The van der Waals surface area contributed by atoms with Gasteiger partial charge in [0.2, 0.25) is 0 Å². The van der Waals surface area contributed by atoms with Crippen LogP contribution >= 0.6 is 11.3 Å². The Hall–Kier alpha value is -2.72. The molecule has 0 radical (unpaired) electrons. The Balaban J connectivity index is 1.22. The first-order valence-corrected chi connectivity index (χ1v) is 12.1. The quantitative estimate of drug-likeness (QED) is 0.568. The first-order chi connectivity index (χ1) is 16.1. The molecule has 2 aliphatic rings. The van der Waals surface area contributed by atoms with E-state index < -0.39 is 23.0 Å². The second-order valence-corrected chi connectivity index (χ2v) is 10.6. The lowest BCUT2D eigenvalue weighted by Gasteiger charge is -2.21. The molecule has 3 aromatic rings. The van der Waals surface area contributed by atoms with Crippen LogP contribution in [0.4, 0.5) is 13.2 Å². The number of aromatic amines is 1. The first-order valence-electron chi connectivity index (χ1n) is 11.2. The summed E-state index contributed by atoms with van der Waals surface area (Å²) in [6.07, 6.45) is -1.01. The van der Waals surface area contributed by atoms with Crippen molar-refractivity contribution < 1.29 is 13.2 Å². The molecule has 1 aliphatic carbocycles. The molecule has 0 bridgehead atoms. The normalized spacial score (nSPS) is 22.2. The molecule has 180 valence electrons. The van der Waals surface area contributed by atoms with Crippen LogP contribution in [-0.4, -0.2) is 39.1 Å². The van der Waals surface area contributed by atoms with E-state index in [0.717, 1.165) is 48.6 Å². The van der Waals surface area contributed by atoms with E-state index in [0.29, 0.717) is 23.0 Å². The van der Waals surface area contributed by atoms with E-state index in [1.165, 1.54) is 28.0 Å². The van der Waals surface area contributed by atoms with E-state index in [-0.39, 0.29) is 5.41 Å². The molecule has 1 saturated heterocycles. The highest BCUT2D eigenvalue weighted by atomic mass is 32.1. The minimum atomic E-state index is -4.32. The molecule has 3 heterocycles. The Morgan fingerprint density at radius 3 is 2.56 bits per heavy atom. The summed E-state index contributed by atoms with van der Waals surface area (Å²) in [5, 5.41) is 0.600. The molecule has 1 aromatic carbocycles. The average molecular weight is 491 g/mol. The van der Waals surface area contributed by atoms with Gasteiger partial charge in [-0.15, -0.1) is 11.3 Å². The number of likely N-dealkylation sites (tertiary alicyclic amines) is 1. The monoisotopic (exact) mass is 490 g/mol. The molecule has 2 fully saturated rings. The Bertz CT molecular complexity index is 1320. The van der Waals surface area contributed by atoms with Crippen LogP contribution in [0.15, 0.2) is 40.1 Å². The summed E-state index contributed by atoms with van der Waals surface area (Å²) in [6, 6.07) is 5.59. The molecule has 34 heavy (non-hydrogen) atoms. The molecule has 2 atom stereocenters. The van der Waals surface area contributed by atoms with Crippen molar-refractivity contribution in [1.29, 1.82) is 0 Å². The van der Waals surface area contributed by atoms with Crippen LogP contribution in [0, 0.1) is 19.8 Å². The second-order valence-electron chi connectivity index (χ2n) is 9.38. The summed E-state index contributed by atoms with van der Waals surface area (Å²) in [7, 11) is 0. The van der Waals surface area contributed by atoms with Gasteiger partial charge in [0.05, 0.1) is 16.8 Å². The summed E-state index contributed by atoms with van der Waals surface area (Å²) in [5.74, 6) is 0.461. The van der Waals surface area contributed by atoms with Crippen LogP contribution in [-0.2, 0) is 18.1 Å². The predicted molar refractivity (Wildman–Crippen MR) is 124 cm³/mol. The highest BCUT2D eigenvalue weighted by molar-refractivity contribution is 7.15. The Labute approximate surface area is 198 Å². The number of halogens is 3.